The number of pyridine rings is 1. The Morgan fingerprint density at radius 1 is 1.17 bits per heavy atom. The van der Waals surface area contributed by atoms with Crippen molar-refractivity contribution in [3.05, 3.63) is 74.6 Å². The molecule has 2 N–H and O–H groups in total. The fourth-order valence-corrected chi connectivity index (χ4v) is 6.55. The molecule has 4 heterocycles. The van der Waals surface area contributed by atoms with Gasteiger partial charge in [0.25, 0.3) is 11.5 Å². The summed E-state index contributed by atoms with van der Waals surface area (Å²) in [6, 6.07) is 7.35. The molecule has 3 atom stereocenters. The van der Waals surface area contributed by atoms with Gasteiger partial charge in [-0.25, -0.2) is 19.9 Å². The number of piperidine rings is 1. The number of hydrogen-bond acceptors (Lipinski definition) is 10. The molecule has 1 amide bonds. The van der Waals surface area contributed by atoms with Gasteiger partial charge in [-0.2, -0.15) is 0 Å². The minimum Gasteiger partial charge on any atom is -0.467 e. The molecular weight excluding hydrogens is 576 g/mol. The molecule has 2 fully saturated rings. The molecule has 1 aromatic carbocycles. The third-order valence-corrected chi connectivity index (χ3v) is 8.73. The van der Waals surface area contributed by atoms with Crippen LogP contribution in [0.4, 0.5) is 11.6 Å². The number of fused-ring (bicyclic) bond motifs is 2. The standard InChI is InChI=1S/C29H31ClN8O3S/c1-14-8-17(15(2)33-21-6-7-22(30)34-25(21)26(39)36-42-5)24-18(9-14)27(40)37(3)29(35-24)38-12-19-20(13-38)23(19)16-10-31-28(41-4)32-11-16/h6-11,15,19-20,23,33H,12-13H2,1-5H3,(H,36,39). The lowest BCUT2D eigenvalue weighted by Crippen LogP contribution is -2.32. The number of nitrogens with zero attached hydrogens (tertiary/aromatic N) is 6. The molecule has 0 spiro atoms. The van der Waals surface area contributed by atoms with Crippen LogP contribution in [0.15, 0.2) is 41.5 Å². The third kappa shape index (κ3) is 5.02. The molecule has 1 saturated carbocycles. The number of nitrogens with one attached hydrogen (secondary N) is 2. The molecule has 1 aliphatic carbocycles. The second-order valence-corrected chi connectivity index (χ2v) is 11.8. The molecule has 4 aromatic rings. The monoisotopic (exact) mass is 606 g/mol. The molecule has 1 saturated heterocycles. The van der Waals surface area contributed by atoms with Crippen molar-refractivity contribution in [1.82, 2.24) is 29.2 Å². The van der Waals surface area contributed by atoms with Crippen LogP contribution in [0.2, 0.25) is 5.15 Å². The van der Waals surface area contributed by atoms with Crippen molar-refractivity contribution in [2.24, 2.45) is 18.9 Å². The molecule has 11 nitrogen and oxygen atoms in total. The number of anilines is 2. The van der Waals surface area contributed by atoms with Crippen molar-refractivity contribution in [3.63, 3.8) is 0 Å². The summed E-state index contributed by atoms with van der Waals surface area (Å²) in [5.41, 5.74) is 4.18. The first-order chi connectivity index (χ1) is 20.2. The summed E-state index contributed by atoms with van der Waals surface area (Å²) >= 11 is 7.29. The smallest absolute Gasteiger partial charge is 0.316 e. The van der Waals surface area contributed by atoms with Gasteiger partial charge in [-0.05, 0) is 60.9 Å². The van der Waals surface area contributed by atoms with Crippen molar-refractivity contribution in [2.75, 3.05) is 36.7 Å². The van der Waals surface area contributed by atoms with Crippen LogP contribution in [-0.4, -0.2) is 56.9 Å². The predicted octanol–water partition coefficient (Wildman–Crippen LogP) is 4.12. The van der Waals surface area contributed by atoms with E-state index in [1.54, 1.807) is 37.1 Å². The maximum atomic E-state index is 13.7. The number of aromatic nitrogens is 5. The average Bonchev–Trinajstić information content (AvgIpc) is 3.48. The topological polar surface area (TPSA) is 127 Å². The van der Waals surface area contributed by atoms with E-state index in [-0.39, 0.29) is 28.4 Å². The van der Waals surface area contributed by atoms with Crippen molar-refractivity contribution < 1.29 is 9.53 Å². The van der Waals surface area contributed by atoms with Crippen LogP contribution in [0.25, 0.3) is 10.9 Å². The van der Waals surface area contributed by atoms with E-state index in [1.165, 1.54) is 11.9 Å². The van der Waals surface area contributed by atoms with Gasteiger partial charge in [0.2, 0.25) is 5.95 Å². The number of halogens is 1. The van der Waals surface area contributed by atoms with Gasteiger partial charge in [0, 0.05) is 44.4 Å². The van der Waals surface area contributed by atoms with Gasteiger partial charge in [0.1, 0.15) is 5.15 Å². The van der Waals surface area contributed by atoms with Gasteiger partial charge >= 0.3 is 6.01 Å². The highest BCUT2D eigenvalue weighted by atomic mass is 35.5. The summed E-state index contributed by atoms with van der Waals surface area (Å²) in [5, 5.41) is 4.18. The summed E-state index contributed by atoms with van der Waals surface area (Å²) in [5.74, 6) is 1.61. The molecule has 13 heteroatoms. The first-order valence-corrected chi connectivity index (χ1v) is 15.2. The number of carbonyl (C=O) groups is 1. The Balaban J connectivity index is 1.31. The molecule has 42 heavy (non-hydrogen) atoms. The summed E-state index contributed by atoms with van der Waals surface area (Å²) in [6.07, 6.45) is 5.45. The van der Waals surface area contributed by atoms with E-state index in [0.717, 1.165) is 29.8 Å². The number of methoxy groups -OCH3 is 1. The molecule has 6 rings (SSSR count). The normalized spacial score (nSPS) is 19.9. The zero-order chi connectivity index (χ0) is 29.7. The third-order valence-electron chi connectivity index (χ3n) is 8.13. The minimum atomic E-state index is -0.352. The maximum absolute atomic E-state index is 13.7. The van der Waals surface area contributed by atoms with Crippen LogP contribution in [0.3, 0.4) is 0 Å². The van der Waals surface area contributed by atoms with Crippen LogP contribution in [0.1, 0.15) is 46.1 Å². The van der Waals surface area contributed by atoms with Crippen LogP contribution in [0, 0.1) is 18.8 Å². The Morgan fingerprint density at radius 3 is 2.55 bits per heavy atom. The average molecular weight is 607 g/mol. The molecule has 0 bridgehead atoms. The molecule has 2 aliphatic rings. The van der Waals surface area contributed by atoms with E-state index in [9.17, 15) is 9.59 Å². The highest BCUT2D eigenvalue weighted by Gasteiger charge is 2.57. The Bertz CT molecular complexity index is 1740. The zero-order valence-corrected chi connectivity index (χ0v) is 25.5. The Kier molecular flexibility index (Phi) is 7.44. The van der Waals surface area contributed by atoms with Gasteiger partial charge < -0.3 is 15.0 Å². The van der Waals surface area contributed by atoms with E-state index in [0.29, 0.717) is 46.3 Å². The number of rotatable bonds is 8. The van der Waals surface area contributed by atoms with E-state index >= 15 is 0 Å². The first-order valence-electron chi connectivity index (χ1n) is 13.6. The van der Waals surface area contributed by atoms with Gasteiger partial charge in [-0.1, -0.05) is 29.6 Å². The zero-order valence-electron chi connectivity index (χ0n) is 23.9. The minimum absolute atomic E-state index is 0.0963. The van der Waals surface area contributed by atoms with Crippen LogP contribution in [-0.2, 0) is 7.05 Å². The molecule has 3 unspecified atom stereocenters. The maximum Gasteiger partial charge on any atom is 0.316 e. The molecule has 3 aromatic heterocycles. The van der Waals surface area contributed by atoms with Crippen molar-refractivity contribution in [1.29, 1.82) is 0 Å². The fraction of sp³-hybridized carbons (Fsp3) is 0.379. The van der Waals surface area contributed by atoms with Gasteiger partial charge in [-0.3, -0.25) is 18.9 Å². The molecule has 1 aliphatic heterocycles. The van der Waals surface area contributed by atoms with E-state index in [2.05, 4.69) is 29.9 Å². The lowest BCUT2D eigenvalue weighted by atomic mass is 10.0. The second kappa shape index (κ2) is 11.1. The highest BCUT2D eigenvalue weighted by Crippen LogP contribution is 2.58. The summed E-state index contributed by atoms with van der Waals surface area (Å²) in [6.45, 7) is 5.53. The summed E-state index contributed by atoms with van der Waals surface area (Å²) < 4.78 is 9.44. The Hall–Kier alpha value is -3.90. The number of amides is 1. The number of carbonyl (C=O) groups excluding carboxylic acids is 1. The second-order valence-electron chi connectivity index (χ2n) is 10.8. The van der Waals surface area contributed by atoms with Crippen LogP contribution in [0.5, 0.6) is 6.01 Å². The highest BCUT2D eigenvalue weighted by molar-refractivity contribution is 7.97. The van der Waals surface area contributed by atoms with Crippen LogP contribution < -0.4 is 25.2 Å². The lowest BCUT2D eigenvalue weighted by Gasteiger charge is -2.25. The van der Waals surface area contributed by atoms with Crippen molar-refractivity contribution in [2.45, 2.75) is 25.8 Å². The Labute approximate surface area is 252 Å². The van der Waals surface area contributed by atoms with E-state index < -0.39 is 0 Å². The Morgan fingerprint density at radius 2 is 1.88 bits per heavy atom. The molecule has 0 radical (unpaired) electrons. The number of aryl methyl sites for hydroxylation is 1. The number of hydrogen-bond donors (Lipinski definition) is 2. The SMILES string of the molecule is COc1ncc(C2C3CN(c4nc5c(C(C)Nc6ccc(Cl)nc6C(=O)NSC)cc(C)cc5c(=O)n4C)CC32)cn1. The predicted molar refractivity (Wildman–Crippen MR) is 165 cm³/mol. The molecular formula is C29H31ClN8O3S. The molecule has 218 valence electrons. The number of benzene rings is 1. The van der Waals surface area contributed by atoms with Gasteiger partial charge in [-0.15, -0.1) is 0 Å². The quantitative estimate of drug-likeness (QED) is 0.223. The number of ether oxygens (including phenoxy) is 1. The van der Waals surface area contributed by atoms with E-state index in [1.807, 2.05) is 38.4 Å². The fourth-order valence-electron chi connectivity index (χ4n) is 6.12. The van der Waals surface area contributed by atoms with Crippen molar-refractivity contribution in [3.8, 4) is 6.01 Å². The van der Waals surface area contributed by atoms with Gasteiger partial charge in [0.15, 0.2) is 5.69 Å². The first kappa shape index (κ1) is 28.2. The summed E-state index contributed by atoms with van der Waals surface area (Å²) in [4.78, 5) is 46.4. The van der Waals surface area contributed by atoms with E-state index in [4.69, 9.17) is 21.3 Å². The van der Waals surface area contributed by atoms with Crippen LogP contribution >= 0.6 is 23.5 Å². The van der Waals surface area contributed by atoms with Gasteiger partial charge in [0.05, 0.1) is 29.7 Å². The summed E-state index contributed by atoms with van der Waals surface area (Å²) in [7, 11) is 3.34. The largest absolute Gasteiger partial charge is 0.467 e. The van der Waals surface area contributed by atoms with Crippen molar-refractivity contribution >= 4 is 52.0 Å². The lowest BCUT2D eigenvalue weighted by molar-refractivity contribution is 0.0980.